The fourth-order valence-corrected chi connectivity index (χ4v) is 3.50. The lowest BCUT2D eigenvalue weighted by atomic mass is 10.2. The van der Waals surface area contributed by atoms with Crippen molar-refractivity contribution in [1.29, 1.82) is 0 Å². The maximum Gasteiger partial charge on any atom is 0.249 e. The zero-order valence-corrected chi connectivity index (χ0v) is 16.3. The van der Waals surface area contributed by atoms with Gasteiger partial charge in [0, 0.05) is 18.4 Å². The molecule has 0 radical (unpaired) electrons. The molecule has 1 amide bonds. The van der Waals surface area contributed by atoms with Gasteiger partial charge in [-0.2, -0.15) is 0 Å². The van der Waals surface area contributed by atoms with Crippen molar-refractivity contribution in [1.82, 2.24) is 4.98 Å². The number of anilines is 2. The Morgan fingerprint density at radius 1 is 1.17 bits per heavy atom. The van der Waals surface area contributed by atoms with Crippen LogP contribution < -0.4 is 15.0 Å². The van der Waals surface area contributed by atoms with Crippen LogP contribution in [0.5, 0.6) is 5.75 Å². The van der Waals surface area contributed by atoms with Crippen molar-refractivity contribution in [3.05, 3.63) is 83.4 Å². The summed E-state index contributed by atoms with van der Waals surface area (Å²) in [7, 11) is 0. The summed E-state index contributed by atoms with van der Waals surface area (Å²) in [4.78, 5) is 18.4. The molecule has 3 aromatic rings. The van der Waals surface area contributed by atoms with E-state index < -0.39 is 11.9 Å². The molecule has 1 aromatic heterocycles. The zero-order valence-electron chi connectivity index (χ0n) is 15.5. The molecular weight excluding hydrogens is 393 g/mol. The molecule has 148 valence electrons. The number of halogens is 2. The van der Waals surface area contributed by atoms with E-state index >= 15 is 0 Å². The Bertz CT molecular complexity index is 1020. The number of nitrogens with zero attached hydrogens (tertiary/aromatic N) is 2. The van der Waals surface area contributed by atoms with E-state index in [1.165, 1.54) is 11.0 Å². The van der Waals surface area contributed by atoms with Gasteiger partial charge in [0.2, 0.25) is 5.91 Å². The molecule has 1 N–H and O–H groups in total. The lowest BCUT2D eigenvalue weighted by Gasteiger charge is -2.18. The van der Waals surface area contributed by atoms with Gasteiger partial charge in [-0.15, -0.1) is 0 Å². The highest BCUT2D eigenvalue weighted by molar-refractivity contribution is 6.32. The standard InChI is InChI=1S/C22H19ClFN3O2/c23-17-13-15(8-9-21(17)29-14-16-5-3-4-11-25-16)26-19-10-12-27(22(19)28)20-7-2-1-6-18(20)24/h1-9,11,13,19,26H,10,12,14H2. The normalized spacial score (nSPS) is 16.1. The molecule has 1 unspecified atom stereocenters. The number of hydrogen-bond donors (Lipinski definition) is 1. The minimum atomic E-state index is -0.439. The van der Waals surface area contributed by atoms with Crippen molar-refractivity contribution < 1.29 is 13.9 Å². The minimum absolute atomic E-state index is 0.165. The molecule has 4 rings (SSSR count). The molecule has 1 fully saturated rings. The Balaban J connectivity index is 1.40. The molecule has 0 aliphatic carbocycles. The van der Waals surface area contributed by atoms with E-state index in [9.17, 15) is 9.18 Å². The van der Waals surface area contributed by atoms with Crippen molar-refractivity contribution >= 4 is 28.9 Å². The first-order valence-corrected chi connectivity index (χ1v) is 9.64. The SMILES string of the molecule is O=C1C(Nc2ccc(OCc3ccccn3)c(Cl)c2)CCN1c1ccccc1F. The fourth-order valence-electron chi connectivity index (χ4n) is 3.27. The zero-order chi connectivity index (χ0) is 20.2. The molecule has 29 heavy (non-hydrogen) atoms. The number of amides is 1. The number of benzene rings is 2. The first kappa shape index (κ1) is 19.2. The number of carbonyl (C=O) groups is 1. The van der Waals surface area contributed by atoms with Crippen LogP contribution in [0.25, 0.3) is 0 Å². The maximum atomic E-state index is 14.0. The number of pyridine rings is 1. The molecular formula is C22H19ClFN3O2. The van der Waals surface area contributed by atoms with Gasteiger partial charge < -0.3 is 15.0 Å². The first-order chi connectivity index (χ1) is 14.1. The highest BCUT2D eigenvalue weighted by Gasteiger charge is 2.33. The monoisotopic (exact) mass is 411 g/mol. The third-order valence-corrected chi connectivity index (χ3v) is 5.02. The lowest BCUT2D eigenvalue weighted by molar-refractivity contribution is -0.117. The largest absolute Gasteiger partial charge is 0.486 e. The molecule has 1 atom stereocenters. The number of para-hydroxylation sites is 1. The average molecular weight is 412 g/mol. The Morgan fingerprint density at radius 3 is 2.76 bits per heavy atom. The van der Waals surface area contributed by atoms with Crippen molar-refractivity contribution in [2.24, 2.45) is 0 Å². The van der Waals surface area contributed by atoms with Crippen molar-refractivity contribution in [2.45, 2.75) is 19.1 Å². The quantitative estimate of drug-likeness (QED) is 0.640. The van der Waals surface area contributed by atoms with E-state index in [4.69, 9.17) is 16.3 Å². The summed E-state index contributed by atoms with van der Waals surface area (Å²) in [6.45, 7) is 0.766. The van der Waals surface area contributed by atoms with Gasteiger partial charge in [0.1, 0.15) is 24.2 Å². The van der Waals surface area contributed by atoms with Gasteiger partial charge >= 0.3 is 0 Å². The van der Waals surface area contributed by atoms with E-state index in [1.54, 1.807) is 42.6 Å². The second-order valence-electron chi connectivity index (χ2n) is 6.68. The fraction of sp³-hybridized carbons (Fsp3) is 0.182. The van der Waals surface area contributed by atoms with Gasteiger partial charge in [0.15, 0.2) is 0 Å². The highest BCUT2D eigenvalue weighted by atomic mass is 35.5. The van der Waals surface area contributed by atoms with Crippen LogP contribution in [-0.2, 0) is 11.4 Å². The third-order valence-electron chi connectivity index (χ3n) is 4.72. The first-order valence-electron chi connectivity index (χ1n) is 9.26. The summed E-state index contributed by atoms with van der Waals surface area (Å²) >= 11 is 6.33. The summed E-state index contributed by atoms with van der Waals surface area (Å²) in [5.74, 6) is -0.0331. The molecule has 2 heterocycles. The van der Waals surface area contributed by atoms with Crippen molar-refractivity contribution in [3.63, 3.8) is 0 Å². The van der Waals surface area contributed by atoms with Gasteiger partial charge in [0.25, 0.3) is 0 Å². The van der Waals surface area contributed by atoms with Gasteiger partial charge in [0.05, 0.1) is 16.4 Å². The second kappa shape index (κ2) is 8.49. The van der Waals surface area contributed by atoms with E-state index in [1.807, 2.05) is 18.2 Å². The van der Waals surface area contributed by atoms with E-state index in [-0.39, 0.29) is 5.91 Å². The van der Waals surface area contributed by atoms with Crippen LogP contribution in [0, 0.1) is 5.82 Å². The summed E-state index contributed by atoms with van der Waals surface area (Å²) in [5, 5.41) is 3.62. The van der Waals surface area contributed by atoms with Crippen LogP contribution in [0.15, 0.2) is 66.9 Å². The van der Waals surface area contributed by atoms with Crippen LogP contribution in [0.3, 0.4) is 0 Å². The van der Waals surface area contributed by atoms with Crippen LogP contribution in [0.4, 0.5) is 15.8 Å². The molecule has 0 spiro atoms. The van der Waals surface area contributed by atoms with Gasteiger partial charge in [-0.1, -0.05) is 29.8 Å². The Kier molecular flexibility index (Phi) is 5.62. The molecule has 0 bridgehead atoms. The summed E-state index contributed by atoms with van der Waals surface area (Å²) in [6.07, 6.45) is 2.28. The van der Waals surface area contributed by atoms with Gasteiger partial charge in [-0.05, 0) is 48.9 Å². The van der Waals surface area contributed by atoms with Crippen LogP contribution in [0.2, 0.25) is 5.02 Å². The van der Waals surface area contributed by atoms with Crippen LogP contribution in [-0.4, -0.2) is 23.5 Å². The predicted molar refractivity (Wildman–Crippen MR) is 111 cm³/mol. The maximum absolute atomic E-state index is 14.0. The number of hydrogen-bond acceptors (Lipinski definition) is 4. The second-order valence-corrected chi connectivity index (χ2v) is 7.09. The molecule has 1 saturated heterocycles. The Morgan fingerprint density at radius 2 is 2.00 bits per heavy atom. The summed E-state index contributed by atoms with van der Waals surface area (Å²) in [5.41, 5.74) is 1.81. The number of aromatic nitrogens is 1. The number of ether oxygens (including phenoxy) is 1. The lowest BCUT2D eigenvalue weighted by Crippen LogP contribution is -2.33. The van der Waals surface area contributed by atoms with E-state index in [0.717, 1.165) is 5.69 Å². The van der Waals surface area contributed by atoms with Gasteiger partial charge in [-0.25, -0.2) is 4.39 Å². The van der Waals surface area contributed by atoms with Crippen molar-refractivity contribution in [3.8, 4) is 5.75 Å². The number of rotatable bonds is 6. The number of carbonyl (C=O) groups excluding carboxylic acids is 1. The predicted octanol–water partition coefficient (Wildman–Crippen LogP) is 4.67. The molecule has 1 aliphatic heterocycles. The average Bonchev–Trinajstić information content (AvgIpc) is 3.08. The summed E-state index contributed by atoms with van der Waals surface area (Å²) in [6, 6.07) is 16.7. The summed E-state index contributed by atoms with van der Waals surface area (Å²) < 4.78 is 19.7. The van der Waals surface area contributed by atoms with E-state index in [0.29, 0.717) is 41.7 Å². The highest BCUT2D eigenvalue weighted by Crippen LogP contribution is 2.30. The molecule has 7 heteroatoms. The van der Waals surface area contributed by atoms with E-state index in [2.05, 4.69) is 10.3 Å². The molecule has 2 aromatic carbocycles. The van der Waals surface area contributed by atoms with Crippen LogP contribution in [0.1, 0.15) is 12.1 Å². The topological polar surface area (TPSA) is 54.5 Å². The smallest absolute Gasteiger partial charge is 0.249 e. The van der Waals surface area contributed by atoms with Crippen LogP contribution >= 0.6 is 11.6 Å². The minimum Gasteiger partial charge on any atom is -0.486 e. The Hall–Kier alpha value is -3.12. The number of nitrogens with one attached hydrogen (secondary N) is 1. The molecule has 0 saturated carbocycles. The third kappa shape index (κ3) is 4.32. The molecule has 1 aliphatic rings. The van der Waals surface area contributed by atoms with Crippen molar-refractivity contribution in [2.75, 3.05) is 16.8 Å². The molecule has 5 nitrogen and oxygen atoms in total. The van der Waals surface area contributed by atoms with Gasteiger partial charge in [-0.3, -0.25) is 9.78 Å². The Labute approximate surface area is 173 Å².